The van der Waals surface area contributed by atoms with E-state index in [1.54, 1.807) is 0 Å². The van der Waals surface area contributed by atoms with Gasteiger partial charge in [-0.05, 0) is 36.6 Å². The first-order valence-corrected chi connectivity index (χ1v) is 9.67. The Bertz CT molecular complexity index is 775. The highest BCUT2D eigenvalue weighted by Crippen LogP contribution is 2.29. The molecule has 27 heavy (non-hydrogen) atoms. The van der Waals surface area contributed by atoms with Crippen LogP contribution in [0.4, 0.5) is 18.9 Å². The Balaban J connectivity index is 1.50. The number of nitrogens with zero attached hydrogens (tertiary/aromatic N) is 2. The molecule has 0 unspecified atom stereocenters. The number of para-hydroxylation sites is 1. The minimum Gasteiger partial charge on any atom is -0.371 e. The zero-order chi connectivity index (χ0) is 19.3. The van der Waals surface area contributed by atoms with Crippen molar-refractivity contribution in [3.63, 3.8) is 0 Å². The molecule has 1 fully saturated rings. The number of amides is 1. The van der Waals surface area contributed by atoms with Crippen LogP contribution in [-0.4, -0.2) is 29.7 Å². The molecule has 4 nitrogen and oxygen atoms in total. The fourth-order valence-electron chi connectivity index (χ4n) is 2.94. The molecule has 2 heterocycles. The molecule has 1 amide bonds. The highest BCUT2D eigenvalue weighted by Gasteiger charge is 2.30. The Morgan fingerprint density at radius 1 is 1.15 bits per heavy atom. The summed E-state index contributed by atoms with van der Waals surface area (Å²) in [4.78, 5) is 18.2. The second-order valence-electron chi connectivity index (χ2n) is 6.27. The number of pyridine rings is 1. The summed E-state index contributed by atoms with van der Waals surface area (Å²) in [6, 6.07) is 10.3. The van der Waals surface area contributed by atoms with Crippen molar-refractivity contribution in [1.29, 1.82) is 0 Å². The average molecular weight is 395 g/mol. The summed E-state index contributed by atoms with van der Waals surface area (Å²) >= 11 is 1.11. The molecule has 1 aromatic carbocycles. The maximum absolute atomic E-state index is 12.5. The second-order valence-corrected chi connectivity index (χ2v) is 7.27. The van der Waals surface area contributed by atoms with Crippen molar-refractivity contribution < 1.29 is 18.0 Å². The molecule has 144 valence electrons. The molecule has 0 atom stereocenters. The van der Waals surface area contributed by atoms with Gasteiger partial charge in [-0.2, -0.15) is 13.2 Å². The monoisotopic (exact) mass is 395 g/mol. The molecule has 1 saturated heterocycles. The van der Waals surface area contributed by atoms with Crippen molar-refractivity contribution >= 4 is 23.4 Å². The van der Waals surface area contributed by atoms with E-state index in [-0.39, 0.29) is 11.7 Å². The minimum absolute atomic E-state index is 0.101. The molecule has 0 saturated carbocycles. The number of carbonyl (C=O) groups excluding carboxylic acids is 1. The van der Waals surface area contributed by atoms with E-state index >= 15 is 0 Å². The van der Waals surface area contributed by atoms with Crippen LogP contribution in [-0.2, 0) is 17.5 Å². The van der Waals surface area contributed by atoms with E-state index in [1.165, 1.54) is 18.9 Å². The Morgan fingerprint density at radius 3 is 2.56 bits per heavy atom. The van der Waals surface area contributed by atoms with Gasteiger partial charge < -0.3 is 10.2 Å². The molecular weight excluding hydrogens is 375 g/mol. The third-order valence-corrected chi connectivity index (χ3v) is 5.27. The molecular formula is C19H20F3N3OS. The van der Waals surface area contributed by atoms with E-state index < -0.39 is 11.7 Å². The number of aromatic nitrogens is 1. The Labute approximate surface area is 160 Å². The third kappa shape index (κ3) is 5.38. The molecule has 0 bridgehead atoms. The molecule has 0 aliphatic carbocycles. The summed E-state index contributed by atoms with van der Waals surface area (Å²) in [5.74, 6) is -0.0810. The van der Waals surface area contributed by atoms with Crippen LogP contribution in [0.1, 0.15) is 24.0 Å². The number of nitrogens with one attached hydrogen (secondary N) is 1. The molecule has 0 radical (unpaired) electrons. The smallest absolute Gasteiger partial charge is 0.371 e. The lowest BCUT2D eigenvalue weighted by Gasteiger charge is -2.21. The summed E-state index contributed by atoms with van der Waals surface area (Å²) in [6.07, 6.45) is -1.27. The van der Waals surface area contributed by atoms with Gasteiger partial charge in [0, 0.05) is 31.5 Å². The van der Waals surface area contributed by atoms with Gasteiger partial charge in [0.05, 0.1) is 16.3 Å². The van der Waals surface area contributed by atoms with Crippen LogP contribution in [0.15, 0.2) is 47.6 Å². The lowest BCUT2D eigenvalue weighted by atomic mass is 10.1. The van der Waals surface area contributed by atoms with Crippen LogP contribution in [0.2, 0.25) is 0 Å². The number of hydrogen-bond donors (Lipinski definition) is 1. The van der Waals surface area contributed by atoms with Crippen LogP contribution in [0.3, 0.4) is 0 Å². The lowest BCUT2D eigenvalue weighted by Crippen LogP contribution is -2.26. The van der Waals surface area contributed by atoms with Gasteiger partial charge in [0.15, 0.2) is 0 Å². The first-order chi connectivity index (χ1) is 12.9. The molecule has 0 spiro atoms. The Kier molecular flexibility index (Phi) is 6.26. The number of halogens is 3. The van der Waals surface area contributed by atoms with Crippen LogP contribution < -0.4 is 10.2 Å². The average Bonchev–Trinajstić information content (AvgIpc) is 3.19. The van der Waals surface area contributed by atoms with Crippen molar-refractivity contribution in [3.05, 3.63) is 53.7 Å². The predicted octanol–water partition coefficient (Wildman–Crippen LogP) is 4.11. The van der Waals surface area contributed by atoms with Gasteiger partial charge in [-0.15, -0.1) is 0 Å². The Morgan fingerprint density at radius 2 is 1.89 bits per heavy atom. The third-order valence-electron chi connectivity index (χ3n) is 4.33. The van der Waals surface area contributed by atoms with E-state index in [2.05, 4.69) is 21.3 Å². The maximum atomic E-state index is 12.5. The number of benzene rings is 1. The van der Waals surface area contributed by atoms with Crippen LogP contribution >= 0.6 is 11.8 Å². The van der Waals surface area contributed by atoms with Crippen LogP contribution in [0.5, 0.6) is 0 Å². The standard InChI is InChI=1S/C19H20F3N3OS/c20-19(21,22)15-7-8-18(24-12-15)27-13-17(26)23-11-14-5-1-2-6-16(14)25-9-3-4-10-25/h1-2,5-8,12H,3-4,9-11,13H2,(H,23,26). The zero-order valence-corrected chi connectivity index (χ0v) is 15.4. The normalized spacial score (nSPS) is 14.4. The fraction of sp³-hybridized carbons (Fsp3) is 0.368. The first kappa shape index (κ1) is 19.5. The van der Waals surface area contributed by atoms with E-state index in [1.807, 2.05) is 18.2 Å². The van der Waals surface area contributed by atoms with Crippen LogP contribution in [0, 0.1) is 0 Å². The molecule has 2 aromatic rings. The predicted molar refractivity (Wildman–Crippen MR) is 99.7 cm³/mol. The fourth-order valence-corrected chi connectivity index (χ4v) is 3.62. The van der Waals surface area contributed by atoms with Crippen molar-refractivity contribution in [1.82, 2.24) is 10.3 Å². The minimum atomic E-state index is -4.41. The largest absolute Gasteiger partial charge is 0.417 e. The summed E-state index contributed by atoms with van der Waals surface area (Å²) in [5.41, 5.74) is 1.41. The summed E-state index contributed by atoms with van der Waals surface area (Å²) in [7, 11) is 0. The van der Waals surface area contributed by atoms with E-state index in [0.29, 0.717) is 11.6 Å². The number of rotatable bonds is 6. The lowest BCUT2D eigenvalue weighted by molar-refractivity contribution is -0.137. The van der Waals surface area contributed by atoms with Gasteiger partial charge in [0.2, 0.25) is 5.91 Å². The number of alkyl halides is 3. The molecule has 1 aliphatic heterocycles. The SMILES string of the molecule is O=C(CSc1ccc(C(F)(F)F)cn1)NCc1ccccc1N1CCCC1. The van der Waals surface area contributed by atoms with Crippen molar-refractivity contribution in [3.8, 4) is 0 Å². The van der Waals surface area contributed by atoms with Gasteiger partial charge in [-0.25, -0.2) is 4.98 Å². The van der Waals surface area contributed by atoms with Gasteiger partial charge in [-0.1, -0.05) is 30.0 Å². The number of thioether (sulfide) groups is 1. The second kappa shape index (κ2) is 8.65. The van der Waals surface area contributed by atoms with Gasteiger partial charge >= 0.3 is 6.18 Å². The number of hydrogen-bond acceptors (Lipinski definition) is 4. The highest BCUT2D eigenvalue weighted by molar-refractivity contribution is 7.99. The topological polar surface area (TPSA) is 45.2 Å². The van der Waals surface area contributed by atoms with E-state index in [4.69, 9.17) is 0 Å². The van der Waals surface area contributed by atoms with Gasteiger partial charge in [0.25, 0.3) is 0 Å². The van der Waals surface area contributed by atoms with E-state index in [9.17, 15) is 18.0 Å². The van der Waals surface area contributed by atoms with Crippen molar-refractivity contribution in [2.75, 3.05) is 23.7 Å². The van der Waals surface area contributed by atoms with Gasteiger partial charge in [-0.3, -0.25) is 4.79 Å². The molecule has 1 aromatic heterocycles. The molecule has 3 rings (SSSR count). The van der Waals surface area contributed by atoms with Crippen LogP contribution in [0.25, 0.3) is 0 Å². The molecule has 8 heteroatoms. The van der Waals surface area contributed by atoms with Crippen molar-refractivity contribution in [2.24, 2.45) is 0 Å². The maximum Gasteiger partial charge on any atom is 0.417 e. The zero-order valence-electron chi connectivity index (χ0n) is 14.6. The summed E-state index contributed by atoms with van der Waals surface area (Å²) in [6.45, 7) is 2.48. The number of anilines is 1. The van der Waals surface area contributed by atoms with Crippen molar-refractivity contribution in [2.45, 2.75) is 30.6 Å². The molecule has 1 aliphatic rings. The van der Waals surface area contributed by atoms with E-state index in [0.717, 1.165) is 48.4 Å². The highest BCUT2D eigenvalue weighted by atomic mass is 32.2. The Hall–Kier alpha value is -2.22. The quantitative estimate of drug-likeness (QED) is 0.748. The summed E-state index contributed by atoms with van der Waals surface area (Å²) < 4.78 is 37.6. The van der Waals surface area contributed by atoms with Gasteiger partial charge in [0.1, 0.15) is 0 Å². The summed E-state index contributed by atoms with van der Waals surface area (Å²) in [5, 5.41) is 3.26. The molecule has 1 N–H and O–H groups in total. The number of carbonyl (C=O) groups is 1. The first-order valence-electron chi connectivity index (χ1n) is 8.69.